The molecule has 0 saturated heterocycles. The third-order valence-corrected chi connectivity index (χ3v) is 2.59. The van der Waals surface area contributed by atoms with Crippen LogP contribution in [0.15, 0.2) is 24.4 Å². The fraction of sp³-hybridized carbons (Fsp3) is 0.273. The molecule has 19 heavy (non-hydrogen) atoms. The molecule has 1 heterocycles. The maximum Gasteiger partial charge on any atom is 0.416 e. The molecule has 0 aliphatic carbocycles. The first-order valence-electron chi connectivity index (χ1n) is 5.34. The van der Waals surface area contributed by atoms with Crippen LogP contribution in [0.4, 0.5) is 13.2 Å². The number of hydrogen-bond acceptors (Lipinski definition) is 3. The fourth-order valence-electron chi connectivity index (χ4n) is 1.56. The molecule has 0 saturated carbocycles. The predicted molar refractivity (Wildman–Crippen MR) is 64.1 cm³/mol. The van der Waals surface area contributed by atoms with Crippen molar-refractivity contribution in [3.63, 3.8) is 0 Å². The molecule has 0 spiro atoms. The molecule has 0 aliphatic heterocycles. The van der Waals surface area contributed by atoms with E-state index in [4.69, 9.17) is 11.6 Å². The lowest BCUT2D eigenvalue weighted by Crippen LogP contribution is -2.07. The third kappa shape index (κ3) is 3.24. The smallest absolute Gasteiger partial charge is 0.314 e. The van der Waals surface area contributed by atoms with Gasteiger partial charge in [0, 0.05) is 11.6 Å². The summed E-state index contributed by atoms with van der Waals surface area (Å²) in [6.07, 6.45) is -2.91. The Morgan fingerprint density at radius 3 is 2.68 bits per heavy atom. The quantitative estimate of drug-likeness (QED) is 0.945. The first-order chi connectivity index (χ1) is 8.90. The zero-order chi connectivity index (χ0) is 14.0. The Morgan fingerprint density at radius 2 is 2.05 bits per heavy atom. The molecule has 1 aromatic carbocycles. The van der Waals surface area contributed by atoms with Gasteiger partial charge in [-0.25, -0.2) is 4.68 Å². The Hall–Kier alpha value is -1.60. The molecule has 0 radical (unpaired) electrons. The van der Waals surface area contributed by atoms with Crippen LogP contribution in [0, 0.1) is 0 Å². The van der Waals surface area contributed by atoms with E-state index in [-0.39, 0.29) is 10.7 Å². The van der Waals surface area contributed by atoms with Crippen LogP contribution in [0.1, 0.15) is 11.3 Å². The highest BCUT2D eigenvalue weighted by Gasteiger charge is 2.31. The minimum Gasteiger partial charge on any atom is -0.314 e. The number of alkyl halides is 3. The number of hydrogen-bond donors (Lipinski definition) is 1. The normalized spacial score (nSPS) is 11.8. The van der Waals surface area contributed by atoms with Crippen molar-refractivity contribution in [2.45, 2.75) is 12.7 Å². The molecule has 2 rings (SSSR count). The lowest BCUT2D eigenvalue weighted by atomic mass is 10.2. The Morgan fingerprint density at radius 1 is 1.32 bits per heavy atom. The molecule has 102 valence electrons. The van der Waals surface area contributed by atoms with Crippen LogP contribution < -0.4 is 5.32 Å². The van der Waals surface area contributed by atoms with Crippen molar-refractivity contribution in [2.75, 3.05) is 7.05 Å². The van der Waals surface area contributed by atoms with Gasteiger partial charge in [-0.2, -0.15) is 13.2 Å². The highest BCUT2D eigenvalue weighted by Crippen LogP contribution is 2.32. The Bertz CT molecular complexity index is 580. The molecular weight excluding hydrogens is 281 g/mol. The average Bonchev–Trinajstić information content (AvgIpc) is 2.76. The van der Waals surface area contributed by atoms with Crippen molar-refractivity contribution in [1.82, 2.24) is 20.3 Å². The lowest BCUT2D eigenvalue weighted by Gasteiger charge is -2.09. The molecule has 4 nitrogen and oxygen atoms in total. The second-order valence-corrected chi connectivity index (χ2v) is 4.32. The fourth-order valence-corrected chi connectivity index (χ4v) is 1.79. The van der Waals surface area contributed by atoms with Gasteiger partial charge in [0.1, 0.15) is 0 Å². The van der Waals surface area contributed by atoms with Crippen LogP contribution in [-0.4, -0.2) is 22.0 Å². The van der Waals surface area contributed by atoms with E-state index < -0.39 is 11.7 Å². The van der Waals surface area contributed by atoms with Gasteiger partial charge in [-0.1, -0.05) is 16.8 Å². The molecule has 0 bridgehead atoms. The molecule has 0 fully saturated rings. The number of rotatable bonds is 3. The summed E-state index contributed by atoms with van der Waals surface area (Å²) in [5.41, 5.74) is 0.0198. The summed E-state index contributed by atoms with van der Waals surface area (Å²) in [7, 11) is 1.74. The van der Waals surface area contributed by atoms with Crippen LogP contribution in [0.2, 0.25) is 5.02 Å². The van der Waals surface area contributed by atoms with Crippen LogP contribution in [0.25, 0.3) is 5.69 Å². The topological polar surface area (TPSA) is 42.7 Å². The highest BCUT2D eigenvalue weighted by molar-refractivity contribution is 6.30. The summed E-state index contributed by atoms with van der Waals surface area (Å²) in [6, 6.07) is 3.24. The summed E-state index contributed by atoms with van der Waals surface area (Å²) < 4.78 is 39.3. The largest absolute Gasteiger partial charge is 0.416 e. The van der Waals surface area contributed by atoms with Gasteiger partial charge < -0.3 is 5.32 Å². The average molecular weight is 291 g/mol. The van der Waals surface area contributed by atoms with E-state index in [2.05, 4.69) is 15.6 Å². The van der Waals surface area contributed by atoms with Gasteiger partial charge in [0.2, 0.25) is 0 Å². The SMILES string of the molecule is CNCc1cn(-c2cc(Cl)cc(C(F)(F)F)c2)nn1. The zero-order valence-electron chi connectivity index (χ0n) is 9.87. The molecule has 0 aliphatic rings. The second kappa shape index (κ2) is 5.18. The van der Waals surface area contributed by atoms with E-state index in [1.807, 2.05) is 0 Å². The lowest BCUT2D eigenvalue weighted by molar-refractivity contribution is -0.137. The summed E-state index contributed by atoms with van der Waals surface area (Å²) in [5.74, 6) is 0. The van der Waals surface area contributed by atoms with Gasteiger partial charge in [-0.15, -0.1) is 5.10 Å². The second-order valence-electron chi connectivity index (χ2n) is 3.88. The summed E-state index contributed by atoms with van der Waals surface area (Å²) in [6.45, 7) is 0.479. The van der Waals surface area contributed by atoms with E-state index >= 15 is 0 Å². The summed E-state index contributed by atoms with van der Waals surface area (Å²) >= 11 is 5.70. The number of aromatic nitrogens is 3. The zero-order valence-corrected chi connectivity index (χ0v) is 10.6. The van der Waals surface area contributed by atoms with Crippen molar-refractivity contribution in [3.05, 3.63) is 40.7 Å². The Balaban J connectivity index is 2.41. The van der Waals surface area contributed by atoms with Crippen LogP contribution in [0.3, 0.4) is 0 Å². The molecule has 1 aromatic heterocycles. The summed E-state index contributed by atoms with van der Waals surface area (Å²) in [5, 5.41) is 10.5. The maximum atomic E-state index is 12.7. The van der Waals surface area contributed by atoms with Crippen molar-refractivity contribution < 1.29 is 13.2 Å². The molecule has 8 heteroatoms. The van der Waals surface area contributed by atoms with E-state index in [9.17, 15) is 13.2 Å². The van der Waals surface area contributed by atoms with Crippen molar-refractivity contribution >= 4 is 11.6 Å². The molecule has 0 unspecified atom stereocenters. The number of nitrogens with zero attached hydrogens (tertiary/aromatic N) is 3. The minimum absolute atomic E-state index is 0.00417. The van der Waals surface area contributed by atoms with Gasteiger partial charge in [0.15, 0.2) is 0 Å². The Kier molecular flexibility index (Phi) is 3.77. The molecule has 2 aromatic rings. The van der Waals surface area contributed by atoms with Gasteiger partial charge in [-0.3, -0.25) is 0 Å². The van der Waals surface area contributed by atoms with Crippen LogP contribution >= 0.6 is 11.6 Å². The predicted octanol–water partition coefficient (Wildman–Crippen LogP) is 2.66. The van der Waals surface area contributed by atoms with Gasteiger partial charge >= 0.3 is 6.18 Å². The maximum absolute atomic E-state index is 12.7. The monoisotopic (exact) mass is 290 g/mol. The number of nitrogens with one attached hydrogen (secondary N) is 1. The summed E-state index contributed by atoms with van der Waals surface area (Å²) in [4.78, 5) is 0. The third-order valence-electron chi connectivity index (χ3n) is 2.37. The van der Waals surface area contributed by atoms with Gasteiger partial charge in [0.25, 0.3) is 0 Å². The van der Waals surface area contributed by atoms with Crippen molar-refractivity contribution in [1.29, 1.82) is 0 Å². The first-order valence-corrected chi connectivity index (χ1v) is 5.72. The van der Waals surface area contributed by atoms with Crippen LogP contribution in [-0.2, 0) is 12.7 Å². The van der Waals surface area contributed by atoms with Crippen molar-refractivity contribution in [3.8, 4) is 5.69 Å². The molecule has 0 atom stereocenters. The minimum atomic E-state index is -4.45. The van der Waals surface area contributed by atoms with E-state index in [1.165, 1.54) is 10.7 Å². The van der Waals surface area contributed by atoms with E-state index in [0.717, 1.165) is 12.1 Å². The molecule has 0 amide bonds. The Labute approximate surface area is 112 Å². The van der Waals surface area contributed by atoms with Crippen LogP contribution in [0.5, 0.6) is 0 Å². The standard InChI is InChI=1S/C11H10ClF3N4/c1-16-5-9-6-19(18-17-9)10-3-7(11(13,14)15)2-8(12)4-10/h2-4,6,16H,5H2,1H3. The number of halogens is 4. The van der Waals surface area contributed by atoms with E-state index in [1.54, 1.807) is 13.2 Å². The van der Waals surface area contributed by atoms with Gasteiger partial charge in [-0.05, 0) is 25.2 Å². The first kappa shape index (κ1) is 13.8. The van der Waals surface area contributed by atoms with E-state index in [0.29, 0.717) is 12.2 Å². The number of benzene rings is 1. The molecule has 1 N–H and O–H groups in total. The highest BCUT2D eigenvalue weighted by atomic mass is 35.5. The van der Waals surface area contributed by atoms with Crippen molar-refractivity contribution in [2.24, 2.45) is 0 Å². The van der Waals surface area contributed by atoms with Gasteiger partial charge in [0.05, 0.1) is 23.1 Å². The molecular formula is C11H10ClF3N4.